The molecule has 0 atom stereocenters. The highest BCUT2D eigenvalue weighted by molar-refractivity contribution is 7.90. The van der Waals surface area contributed by atoms with Gasteiger partial charge in [0, 0.05) is 28.2 Å². The van der Waals surface area contributed by atoms with Crippen LogP contribution in [0, 0.1) is 0 Å². The largest absolute Gasteiger partial charge is 0.352 e. The van der Waals surface area contributed by atoms with Gasteiger partial charge in [0.25, 0.3) is 0 Å². The van der Waals surface area contributed by atoms with E-state index in [9.17, 15) is 13.2 Å². The molecule has 3 aromatic rings. The molecule has 5 nitrogen and oxygen atoms in total. The summed E-state index contributed by atoms with van der Waals surface area (Å²) in [4.78, 5) is 12.4. The minimum atomic E-state index is -3.59. The third-order valence-electron chi connectivity index (χ3n) is 4.12. The molecule has 27 heavy (non-hydrogen) atoms. The third kappa shape index (κ3) is 4.51. The number of fused-ring (bicyclic) bond motifs is 1. The summed E-state index contributed by atoms with van der Waals surface area (Å²) in [5.74, 6) is -0.288. The average molecular weight is 405 g/mol. The number of nitrogens with zero attached hydrogens (tertiary/aromatic N) is 1. The van der Waals surface area contributed by atoms with Crippen molar-refractivity contribution in [1.29, 1.82) is 0 Å². The van der Waals surface area contributed by atoms with E-state index in [4.69, 9.17) is 11.6 Å². The molecule has 1 heterocycles. The van der Waals surface area contributed by atoms with Crippen LogP contribution in [0.25, 0.3) is 10.9 Å². The van der Waals surface area contributed by atoms with Crippen molar-refractivity contribution >= 4 is 38.2 Å². The van der Waals surface area contributed by atoms with Crippen LogP contribution in [0.3, 0.4) is 0 Å². The van der Waals surface area contributed by atoms with Gasteiger partial charge in [-0.05, 0) is 37.6 Å². The Bertz CT molecular complexity index is 1070. The summed E-state index contributed by atoms with van der Waals surface area (Å²) in [7, 11) is -3.59. The van der Waals surface area contributed by atoms with E-state index < -0.39 is 9.84 Å². The number of benzene rings is 2. The number of aromatic nitrogens is 1. The molecular weight excluding hydrogens is 384 g/mol. The summed E-state index contributed by atoms with van der Waals surface area (Å²) in [6.07, 6.45) is 1.55. The molecule has 0 saturated heterocycles. The molecule has 0 radical (unpaired) electrons. The molecule has 142 valence electrons. The highest BCUT2D eigenvalue weighted by Crippen LogP contribution is 2.28. The van der Waals surface area contributed by atoms with Crippen LogP contribution in [-0.4, -0.2) is 24.9 Å². The normalized spacial score (nSPS) is 11.9. The Hall–Kier alpha value is -2.31. The number of para-hydroxylation sites is 1. The van der Waals surface area contributed by atoms with Crippen LogP contribution < -0.4 is 5.32 Å². The number of sulfone groups is 1. The first kappa shape index (κ1) is 19.5. The second kappa shape index (κ2) is 7.74. The summed E-state index contributed by atoms with van der Waals surface area (Å²) in [6.45, 7) is 3.83. The first-order chi connectivity index (χ1) is 12.8. The van der Waals surface area contributed by atoms with Gasteiger partial charge in [0.05, 0.1) is 10.6 Å². The smallest absolute Gasteiger partial charge is 0.240 e. The predicted octanol–water partition coefficient (Wildman–Crippen LogP) is 3.79. The number of rotatable bonds is 6. The summed E-state index contributed by atoms with van der Waals surface area (Å²) >= 11 is 5.88. The van der Waals surface area contributed by atoms with E-state index in [0.29, 0.717) is 21.5 Å². The van der Waals surface area contributed by atoms with E-state index >= 15 is 0 Å². The number of carbonyl (C=O) groups excluding carboxylic acids is 1. The van der Waals surface area contributed by atoms with Crippen molar-refractivity contribution in [2.24, 2.45) is 0 Å². The third-order valence-corrected chi connectivity index (χ3v) is 6.08. The average Bonchev–Trinajstić information content (AvgIpc) is 2.96. The first-order valence-corrected chi connectivity index (χ1v) is 10.6. The van der Waals surface area contributed by atoms with Gasteiger partial charge < -0.3 is 9.88 Å². The number of carbonyl (C=O) groups is 1. The molecule has 0 spiro atoms. The van der Waals surface area contributed by atoms with E-state index in [1.54, 1.807) is 47.2 Å². The van der Waals surface area contributed by atoms with E-state index in [0.717, 1.165) is 0 Å². The van der Waals surface area contributed by atoms with Crippen molar-refractivity contribution in [3.05, 3.63) is 65.3 Å². The van der Waals surface area contributed by atoms with Crippen molar-refractivity contribution in [3.63, 3.8) is 0 Å². The predicted molar refractivity (Wildman–Crippen MR) is 108 cm³/mol. The van der Waals surface area contributed by atoms with Crippen molar-refractivity contribution < 1.29 is 13.2 Å². The molecule has 2 aromatic carbocycles. The Morgan fingerprint density at radius 1 is 1.11 bits per heavy atom. The highest BCUT2D eigenvalue weighted by Gasteiger charge is 2.22. The Balaban J connectivity index is 1.98. The zero-order valence-corrected chi connectivity index (χ0v) is 16.7. The fraction of sp³-hybridized carbons (Fsp3) is 0.250. The van der Waals surface area contributed by atoms with Crippen LogP contribution in [0.2, 0.25) is 5.02 Å². The molecule has 3 rings (SSSR count). The number of amides is 1. The number of hydrogen-bond donors (Lipinski definition) is 1. The monoisotopic (exact) mass is 404 g/mol. The molecule has 0 fully saturated rings. The molecule has 0 aliphatic heterocycles. The fourth-order valence-corrected chi connectivity index (χ4v) is 4.70. The summed E-state index contributed by atoms with van der Waals surface area (Å²) in [6, 6.07) is 14.0. The fourth-order valence-electron chi connectivity index (χ4n) is 2.99. The molecule has 7 heteroatoms. The van der Waals surface area contributed by atoms with Crippen LogP contribution in [0.15, 0.2) is 59.6 Å². The molecule has 1 amide bonds. The zero-order chi connectivity index (χ0) is 19.6. The van der Waals surface area contributed by atoms with E-state index in [1.165, 1.54) is 0 Å². The number of halogens is 1. The Morgan fingerprint density at radius 2 is 1.78 bits per heavy atom. The summed E-state index contributed by atoms with van der Waals surface area (Å²) < 4.78 is 27.7. The van der Waals surface area contributed by atoms with Crippen molar-refractivity contribution in [1.82, 2.24) is 9.88 Å². The van der Waals surface area contributed by atoms with E-state index in [-0.39, 0.29) is 29.1 Å². The topological polar surface area (TPSA) is 68.2 Å². The van der Waals surface area contributed by atoms with Crippen molar-refractivity contribution in [3.8, 4) is 0 Å². The van der Waals surface area contributed by atoms with Crippen LogP contribution in [0.4, 0.5) is 0 Å². The van der Waals surface area contributed by atoms with Gasteiger partial charge in [0.15, 0.2) is 9.84 Å². The SMILES string of the molecule is CC(C)NC(=O)Cn1cc(S(=O)(=O)Cc2ccc(Cl)cc2)c2ccccc21. The van der Waals surface area contributed by atoms with Gasteiger partial charge in [-0.2, -0.15) is 0 Å². The van der Waals surface area contributed by atoms with E-state index in [1.807, 2.05) is 26.0 Å². The lowest BCUT2D eigenvalue weighted by Crippen LogP contribution is -2.32. The van der Waals surface area contributed by atoms with Gasteiger partial charge in [-0.1, -0.05) is 41.9 Å². The number of hydrogen-bond acceptors (Lipinski definition) is 3. The molecule has 0 aliphatic rings. The Labute approximate surface area is 163 Å². The lowest BCUT2D eigenvalue weighted by molar-refractivity contribution is -0.122. The lowest BCUT2D eigenvalue weighted by Gasteiger charge is -2.09. The van der Waals surface area contributed by atoms with Gasteiger partial charge in [0.2, 0.25) is 5.91 Å². The standard InChI is InChI=1S/C20H21ClN2O3S/c1-14(2)22-20(24)12-23-11-19(17-5-3-4-6-18(17)23)27(25,26)13-15-7-9-16(21)10-8-15/h3-11,14H,12-13H2,1-2H3,(H,22,24). The minimum absolute atomic E-state index is 0.0208. The quantitative estimate of drug-likeness (QED) is 0.679. The van der Waals surface area contributed by atoms with Gasteiger partial charge in [-0.25, -0.2) is 8.42 Å². The van der Waals surface area contributed by atoms with Crippen LogP contribution in [0.1, 0.15) is 19.4 Å². The van der Waals surface area contributed by atoms with Crippen molar-refractivity contribution in [2.45, 2.75) is 37.1 Å². The van der Waals surface area contributed by atoms with Gasteiger partial charge >= 0.3 is 0 Å². The molecule has 1 N–H and O–H groups in total. The van der Waals surface area contributed by atoms with Gasteiger partial charge in [-0.15, -0.1) is 0 Å². The molecule has 0 unspecified atom stereocenters. The lowest BCUT2D eigenvalue weighted by atomic mass is 10.2. The Kier molecular flexibility index (Phi) is 5.58. The highest BCUT2D eigenvalue weighted by atomic mass is 35.5. The van der Waals surface area contributed by atoms with Crippen molar-refractivity contribution in [2.75, 3.05) is 0 Å². The summed E-state index contributed by atoms with van der Waals surface area (Å²) in [5, 5.41) is 4.00. The van der Waals surface area contributed by atoms with Crippen LogP contribution in [-0.2, 0) is 26.9 Å². The molecule has 0 bridgehead atoms. The maximum atomic E-state index is 13.0. The van der Waals surface area contributed by atoms with Gasteiger partial charge in [0.1, 0.15) is 6.54 Å². The molecule has 0 saturated carbocycles. The molecule has 1 aromatic heterocycles. The van der Waals surface area contributed by atoms with Gasteiger partial charge in [-0.3, -0.25) is 4.79 Å². The Morgan fingerprint density at radius 3 is 2.44 bits per heavy atom. The molecular formula is C20H21ClN2O3S. The van der Waals surface area contributed by atoms with Crippen LogP contribution in [0.5, 0.6) is 0 Å². The zero-order valence-electron chi connectivity index (χ0n) is 15.1. The number of nitrogens with one attached hydrogen (secondary N) is 1. The molecule has 0 aliphatic carbocycles. The second-order valence-corrected chi connectivity index (χ2v) is 9.14. The maximum Gasteiger partial charge on any atom is 0.240 e. The first-order valence-electron chi connectivity index (χ1n) is 8.61. The summed E-state index contributed by atoms with van der Waals surface area (Å²) in [5.41, 5.74) is 1.37. The van der Waals surface area contributed by atoms with Crippen LogP contribution >= 0.6 is 11.6 Å². The van der Waals surface area contributed by atoms with E-state index in [2.05, 4.69) is 5.32 Å². The second-order valence-electron chi connectivity index (χ2n) is 6.75. The minimum Gasteiger partial charge on any atom is -0.352 e. The maximum absolute atomic E-state index is 13.0.